The molecule has 2 saturated carbocycles. The van der Waals surface area contributed by atoms with Crippen molar-refractivity contribution < 1.29 is 32.3 Å². The summed E-state index contributed by atoms with van der Waals surface area (Å²) in [4.78, 5) is 31.3. The van der Waals surface area contributed by atoms with Gasteiger partial charge in [0, 0.05) is 96.7 Å². The molecule has 0 unspecified atom stereocenters. The molecule has 0 aromatic heterocycles. The maximum atomic E-state index is 13.3. The SMILES string of the molecule is Cl.FC1(F)CCC(N2CCNCC2)CC1.O=C([C@@H]1CCCN1C(=O)O)N1CCN(C2CCC(F)(F)CC2)CC1. The smallest absolute Gasteiger partial charge is 0.407 e. The van der Waals surface area contributed by atoms with E-state index in [0.717, 1.165) is 32.6 Å². The predicted molar refractivity (Wildman–Crippen MR) is 142 cm³/mol. The molecule has 3 saturated heterocycles. The fourth-order valence-corrected chi connectivity index (χ4v) is 6.60. The summed E-state index contributed by atoms with van der Waals surface area (Å²) in [5, 5.41) is 12.5. The van der Waals surface area contributed by atoms with Crippen molar-refractivity contribution in [3.05, 3.63) is 0 Å². The Bertz CT molecular complexity index is 792. The summed E-state index contributed by atoms with van der Waals surface area (Å²) in [6.45, 7) is 6.95. The van der Waals surface area contributed by atoms with Gasteiger partial charge in [0.05, 0.1) is 0 Å². The Labute approximate surface area is 234 Å². The molecule has 3 heterocycles. The molecule has 5 aliphatic rings. The Hall–Kier alpha value is -1.37. The monoisotopic (exact) mass is 585 g/mol. The number of nitrogens with one attached hydrogen (secondary N) is 1. The Kier molecular flexibility index (Phi) is 11.5. The van der Waals surface area contributed by atoms with E-state index in [9.17, 15) is 32.3 Å². The summed E-state index contributed by atoms with van der Waals surface area (Å²) < 4.78 is 52.4. The first-order chi connectivity index (χ1) is 18.0. The van der Waals surface area contributed by atoms with E-state index in [2.05, 4.69) is 15.1 Å². The molecule has 1 atom stereocenters. The van der Waals surface area contributed by atoms with E-state index in [0.29, 0.717) is 70.9 Å². The molecule has 39 heavy (non-hydrogen) atoms. The van der Waals surface area contributed by atoms with Crippen LogP contribution < -0.4 is 5.32 Å². The Balaban J connectivity index is 0.000000239. The molecule has 5 rings (SSSR count). The third kappa shape index (κ3) is 8.81. The largest absolute Gasteiger partial charge is 0.465 e. The number of rotatable bonds is 3. The number of piperazine rings is 2. The van der Waals surface area contributed by atoms with Crippen LogP contribution in [0.3, 0.4) is 0 Å². The van der Waals surface area contributed by atoms with E-state index in [1.54, 1.807) is 4.90 Å². The Morgan fingerprint density at radius 3 is 1.62 bits per heavy atom. The molecule has 13 heteroatoms. The minimum atomic E-state index is -2.52. The minimum absolute atomic E-state index is 0. The first kappa shape index (κ1) is 32.1. The molecule has 3 aliphatic heterocycles. The highest BCUT2D eigenvalue weighted by Gasteiger charge is 2.40. The lowest BCUT2D eigenvalue weighted by Crippen LogP contribution is -2.56. The topological polar surface area (TPSA) is 79.4 Å². The van der Waals surface area contributed by atoms with Gasteiger partial charge in [-0.3, -0.25) is 19.5 Å². The van der Waals surface area contributed by atoms with Crippen molar-refractivity contribution in [1.29, 1.82) is 0 Å². The van der Waals surface area contributed by atoms with Crippen molar-refractivity contribution in [3.63, 3.8) is 0 Å². The van der Waals surface area contributed by atoms with Crippen LogP contribution >= 0.6 is 12.4 Å². The van der Waals surface area contributed by atoms with Gasteiger partial charge in [-0.1, -0.05) is 0 Å². The number of hydrogen-bond acceptors (Lipinski definition) is 5. The second-order valence-electron chi connectivity index (χ2n) is 11.5. The van der Waals surface area contributed by atoms with Crippen LogP contribution in [0.1, 0.15) is 64.2 Å². The van der Waals surface area contributed by atoms with Crippen LogP contribution in [-0.2, 0) is 4.79 Å². The minimum Gasteiger partial charge on any atom is -0.465 e. The van der Waals surface area contributed by atoms with E-state index in [4.69, 9.17) is 0 Å². The highest BCUT2D eigenvalue weighted by molar-refractivity contribution is 5.86. The van der Waals surface area contributed by atoms with Crippen molar-refractivity contribution in [1.82, 2.24) is 24.9 Å². The second-order valence-corrected chi connectivity index (χ2v) is 11.5. The summed E-state index contributed by atoms with van der Waals surface area (Å²) in [6, 6.07) is 0.0445. The van der Waals surface area contributed by atoms with Crippen molar-refractivity contribution in [2.75, 3.05) is 58.9 Å². The van der Waals surface area contributed by atoms with Crippen molar-refractivity contribution in [3.8, 4) is 0 Å². The molecule has 2 N–H and O–H groups in total. The van der Waals surface area contributed by atoms with Crippen LogP contribution in [0.2, 0.25) is 0 Å². The average Bonchev–Trinajstić information content (AvgIpc) is 3.40. The quantitative estimate of drug-likeness (QED) is 0.492. The summed E-state index contributed by atoms with van der Waals surface area (Å²) in [6.07, 6.45) is 2.71. The maximum Gasteiger partial charge on any atom is 0.407 e. The molecular weight excluding hydrogens is 542 g/mol. The van der Waals surface area contributed by atoms with Crippen LogP contribution in [0.15, 0.2) is 0 Å². The number of halogens is 5. The molecule has 5 fully saturated rings. The zero-order valence-corrected chi connectivity index (χ0v) is 23.5. The number of nitrogens with zero attached hydrogens (tertiary/aromatic N) is 4. The average molecular weight is 586 g/mol. The van der Waals surface area contributed by atoms with Gasteiger partial charge in [0.1, 0.15) is 6.04 Å². The van der Waals surface area contributed by atoms with Gasteiger partial charge in [-0.2, -0.15) is 0 Å². The summed E-state index contributed by atoms with van der Waals surface area (Å²) in [5.74, 6) is -5.01. The van der Waals surface area contributed by atoms with Crippen LogP contribution in [0.5, 0.6) is 0 Å². The van der Waals surface area contributed by atoms with Crippen LogP contribution in [0, 0.1) is 0 Å². The van der Waals surface area contributed by atoms with E-state index >= 15 is 0 Å². The van der Waals surface area contributed by atoms with Gasteiger partial charge in [0.2, 0.25) is 17.8 Å². The highest BCUT2D eigenvalue weighted by atomic mass is 35.5. The lowest BCUT2D eigenvalue weighted by molar-refractivity contribution is -0.138. The zero-order chi connectivity index (χ0) is 27.3. The van der Waals surface area contributed by atoms with E-state index in [-0.39, 0.29) is 50.0 Å². The van der Waals surface area contributed by atoms with Crippen LogP contribution in [0.25, 0.3) is 0 Å². The molecular formula is C26H44ClF4N5O3. The zero-order valence-electron chi connectivity index (χ0n) is 22.6. The molecule has 0 spiro atoms. The molecule has 226 valence electrons. The summed E-state index contributed by atoms with van der Waals surface area (Å²) in [7, 11) is 0. The molecule has 2 aliphatic carbocycles. The Morgan fingerprint density at radius 2 is 1.15 bits per heavy atom. The molecule has 2 amide bonds. The van der Waals surface area contributed by atoms with Gasteiger partial charge < -0.3 is 15.3 Å². The summed E-state index contributed by atoms with van der Waals surface area (Å²) in [5.41, 5.74) is 0. The standard InChI is InChI=1S/C16H25F2N3O3.C10H18F2N2.ClH/c17-16(18)5-3-12(4-6-16)19-8-10-20(11-9-19)14(22)13-2-1-7-21(13)15(23)24;11-10(12)3-1-9(2-4-10)14-7-5-13-6-8-14;/h12-13H,1-11H2,(H,23,24);9,13H,1-8H2;1H/t13-;;/m0../s1. The number of amides is 2. The second kappa shape index (κ2) is 14.0. The molecule has 0 bridgehead atoms. The van der Waals surface area contributed by atoms with Gasteiger partial charge >= 0.3 is 6.09 Å². The number of alkyl halides is 4. The van der Waals surface area contributed by atoms with Gasteiger partial charge in [-0.15, -0.1) is 12.4 Å². The molecule has 0 radical (unpaired) electrons. The van der Waals surface area contributed by atoms with Crippen molar-refractivity contribution in [2.45, 2.75) is 94.2 Å². The van der Waals surface area contributed by atoms with Crippen LogP contribution in [-0.4, -0.2) is 126 Å². The van der Waals surface area contributed by atoms with Gasteiger partial charge in [-0.25, -0.2) is 22.4 Å². The fourth-order valence-electron chi connectivity index (χ4n) is 6.60. The third-order valence-electron chi connectivity index (χ3n) is 8.97. The third-order valence-corrected chi connectivity index (χ3v) is 8.97. The number of carbonyl (C=O) groups is 2. The first-order valence-corrected chi connectivity index (χ1v) is 14.3. The predicted octanol–water partition coefficient (Wildman–Crippen LogP) is 3.74. The highest BCUT2D eigenvalue weighted by Crippen LogP contribution is 2.36. The van der Waals surface area contributed by atoms with E-state index in [1.807, 2.05) is 0 Å². The van der Waals surface area contributed by atoms with E-state index in [1.165, 1.54) is 4.90 Å². The Morgan fingerprint density at radius 1 is 0.692 bits per heavy atom. The first-order valence-electron chi connectivity index (χ1n) is 14.3. The number of carbonyl (C=O) groups excluding carboxylic acids is 1. The number of likely N-dealkylation sites (tertiary alicyclic amines) is 1. The summed E-state index contributed by atoms with van der Waals surface area (Å²) >= 11 is 0. The molecule has 0 aromatic rings. The normalized spacial score (nSPS) is 28.8. The van der Waals surface area contributed by atoms with Crippen molar-refractivity contribution in [2.24, 2.45) is 0 Å². The van der Waals surface area contributed by atoms with Gasteiger partial charge in [0.25, 0.3) is 0 Å². The lowest BCUT2D eigenvalue weighted by Gasteiger charge is -2.42. The maximum absolute atomic E-state index is 13.3. The molecule has 8 nitrogen and oxygen atoms in total. The molecule has 0 aromatic carbocycles. The van der Waals surface area contributed by atoms with Gasteiger partial charge in [-0.05, 0) is 38.5 Å². The lowest BCUT2D eigenvalue weighted by atomic mass is 9.91. The number of hydrogen-bond donors (Lipinski definition) is 2. The fraction of sp³-hybridized carbons (Fsp3) is 0.923. The van der Waals surface area contributed by atoms with E-state index < -0.39 is 24.0 Å². The van der Waals surface area contributed by atoms with Crippen molar-refractivity contribution >= 4 is 24.4 Å². The van der Waals surface area contributed by atoms with Gasteiger partial charge in [0.15, 0.2) is 0 Å². The van der Waals surface area contributed by atoms with Crippen LogP contribution in [0.4, 0.5) is 22.4 Å². The number of carboxylic acid groups (broad SMARTS) is 1.